The molecule has 0 atom stereocenters. The molecule has 186 valence electrons. The number of benzene rings is 3. The van der Waals surface area contributed by atoms with Crippen molar-refractivity contribution in [3.63, 3.8) is 0 Å². The highest BCUT2D eigenvalue weighted by atomic mass is 32.2. The SMILES string of the molecule is CCc1ccc(N=C2SC(=Cc3ccc(OC)c(OC)c3OC)C(=O)N2c2ccc(CC)cc2)cc1. The van der Waals surface area contributed by atoms with Crippen molar-refractivity contribution >= 4 is 40.3 Å². The van der Waals surface area contributed by atoms with Crippen LogP contribution in [0.3, 0.4) is 0 Å². The van der Waals surface area contributed by atoms with Crippen LogP contribution in [0.15, 0.2) is 70.6 Å². The van der Waals surface area contributed by atoms with Gasteiger partial charge in [-0.05, 0) is 78.2 Å². The lowest BCUT2D eigenvalue weighted by Gasteiger charge is -2.16. The lowest BCUT2D eigenvalue weighted by atomic mass is 10.1. The summed E-state index contributed by atoms with van der Waals surface area (Å²) in [6.07, 6.45) is 3.70. The molecule has 0 spiro atoms. The van der Waals surface area contributed by atoms with Gasteiger partial charge in [0.15, 0.2) is 16.7 Å². The molecule has 1 aliphatic rings. The third-order valence-electron chi connectivity index (χ3n) is 6.00. The van der Waals surface area contributed by atoms with Gasteiger partial charge in [0.2, 0.25) is 5.75 Å². The fourth-order valence-corrected chi connectivity index (χ4v) is 4.94. The first-order valence-electron chi connectivity index (χ1n) is 11.8. The molecule has 1 amide bonds. The molecular formula is C29H30N2O4S. The molecule has 1 heterocycles. The number of hydrogen-bond acceptors (Lipinski definition) is 6. The molecule has 0 unspecified atom stereocenters. The topological polar surface area (TPSA) is 60.4 Å². The Kier molecular flexibility index (Phi) is 8.00. The zero-order valence-corrected chi connectivity index (χ0v) is 22.0. The summed E-state index contributed by atoms with van der Waals surface area (Å²) in [6, 6.07) is 19.7. The van der Waals surface area contributed by atoms with E-state index in [1.807, 2.05) is 48.5 Å². The van der Waals surface area contributed by atoms with Gasteiger partial charge >= 0.3 is 0 Å². The third kappa shape index (κ3) is 5.11. The van der Waals surface area contributed by atoms with E-state index in [1.54, 1.807) is 32.3 Å². The number of ether oxygens (including phenoxy) is 3. The summed E-state index contributed by atoms with van der Waals surface area (Å²) >= 11 is 1.33. The van der Waals surface area contributed by atoms with Crippen molar-refractivity contribution in [3.8, 4) is 17.2 Å². The highest BCUT2D eigenvalue weighted by molar-refractivity contribution is 8.19. The zero-order valence-electron chi connectivity index (χ0n) is 21.2. The van der Waals surface area contributed by atoms with Crippen LogP contribution in [0.25, 0.3) is 6.08 Å². The fourth-order valence-electron chi connectivity index (χ4n) is 3.95. The van der Waals surface area contributed by atoms with Crippen LogP contribution >= 0.6 is 11.8 Å². The predicted molar refractivity (Wildman–Crippen MR) is 148 cm³/mol. The van der Waals surface area contributed by atoms with Crippen LogP contribution in [0, 0.1) is 0 Å². The van der Waals surface area contributed by atoms with E-state index in [0.717, 1.165) is 24.2 Å². The van der Waals surface area contributed by atoms with Crippen molar-refractivity contribution in [2.75, 3.05) is 26.2 Å². The summed E-state index contributed by atoms with van der Waals surface area (Å²) in [6.45, 7) is 4.23. The Bertz CT molecular complexity index is 1300. The van der Waals surface area contributed by atoms with Crippen molar-refractivity contribution < 1.29 is 19.0 Å². The molecule has 4 rings (SSSR count). The van der Waals surface area contributed by atoms with Crippen molar-refractivity contribution in [1.82, 2.24) is 0 Å². The molecule has 0 bridgehead atoms. The van der Waals surface area contributed by atoms with Crippen molar-refractivity contribution in [2.45, 2.75) is 26.7 Å². The van der Waals surface area contributed by atoms with Gasteiger partial charge in [0.05, 0.1) is 37.6 Å². The Morgan fingerprint density at radius 3 is 1.97 bits per heavy atom. The number of aryl methyl sites for hydroxylation is 2. The summed E-state index contributed by atoms with van der Waals surface area (Å²) in [5, 5.41) is 0.596. The number of amidine groups is 1. The summed E-state index contributed by atoms with van der Waals surface area (Å²) in [5.74, 6) is 1.38. The van der Waals surface area contributed by atoms with Gasteiger partial charge in [-0.1, -0.05) is 38.1 Å². The number of carbonyl (C=O) groups is 1. The second-order valence-corrected chi connectivity index (χ2v) is 9.12. The molecule has 6 nitrogen and oxygen atoms in total. The maximum atomic E-state index is 13.7. The number of anilines is 1. The number of thioether (sulfide) groups is 1. The monoisotopic (exact) mass is 502 g/mol. The van der Waals surface area contributed by atoms with Crippen molar-refractivity contribution in [1.29, 1.82) is 0 Å². The second-order valence-electron chi connectivity index (χ2n) is 8.11. The lowest BCUT2D eigenvalue weighted by molar-refractivity contribution is -0.113. The lowest BCUT2D eigenvalue weighted by Crippen LogP contribution is -2.28. The van der Waals surface area contributed by atoms with Crippen molar-refractivity contribution in [3.05, 3.63) is 82.3 Å². The van der Waals surface area contributed by atoms with Gasteiger partial charge in [-0.25, -0.2) is 4.99 Å². The van der Waals surface area contributed by atoms with Gasteiger partial charge in [0.25, 0.3) is 5.91 Å². The summed E-state index contributed by atoms with van der Waals surface area (Å²) < 4.78 is 16.5. The van der Waals surface area contributed by atoms with Gasteiger partial charge in [0.1, 0.15) is 0 Å². The van der Waals surface area contributed by atoms with E-state index in [4.69, 9.17) is 19.2 Å². The van der Waals surface area contributed by atoms with E-state index in [-0.39, 0.29) is 5.91 Å². The molecule has 0 N–H and O–H groups in total. The largest absolute Gasteiger partial charge is 0.493 e. The number of hydrogen-bond donors (Lipinski definition) is 0. The van der Waals surface area contributed by atoms with Crippen LogP contribution in [0.2, 0.25) is 0 Å². The maximum absolute atomic E-state index is 13.7. The van der Waals surface area contributed by atoms with Gasteiger partial charge in [0, 0.05) is 5.56 Å². The maximum Gasteiger partial charge on any atom is 0.271 e. The number of carbonyl (C=O) groups excluding carboxylic acids is 1. The van der Waals surface area contributed by atoms with E-state index < -0.39 is 0 Å². The molecule has 7 heteroatoms. The molecule has 3 aromatic carbocycles. The predicted octanol–water partition coefficient (Wildman–Crippen LogP) is 6.65. The van der Waals surface area contributed by atoms with E-state index in [9.17, 15) is 4.79 Å². The van der Waals surface area contributed by atoms with E-state index in [1.165, 1.54) is 22.9 Å². The minimum atomic E-state index is -0.148. The highest BCUT2D eigenvalue weighted by Crippen LogP contribution is 2.43. The molecule has 0 radical (unpaired) electrons. The Labute approximate surface area is 216 Å². The van der Waals surface area contributed by atoms with Crippen LogP contribution in [0.5, 0.6) is 17.2 Å². The number of nitrogens with zero attached hydrogens (tertiary/aromatic N) is 2. The molecule has 1 fully saturated rings. The smallest absolute Gasteiger partial charge is 0.271 e. The van der Waals surface area contributed by atoms with Crippen molar-refractivity contribution in [2.24, 2.45) is 4.99 Å². The van der Waals surface area contributed by atoms with Crippen LogP contribution in [-0.4, -0.2) is 32.4 Å². The average Bonchev–Trinajstić information content (AvgIpc) is 3.22. The Balaban J connectivity index is 1.79. The van der Waals surface area contributed by atoms with Gasteiger partial charge in [-0.2, -0.15) is 0 Å². The molecule has 0 aromatic heterocycles. The van der Waals surface area contributed by atoms with Gasteiger partial charge < -0.3 is 14.2 Å². The minimum absolute atomic E-state index is 0.148. The minimum Gasteiger partial charge on any atom is -0.493 e. The Morgan fingerprint density at radius 1 is 0.806 bits per heavy atom. The number of aliphatic imine (C=N–C) groups is 1. The first-order valence-corrected chi connectivity index (χ1v) is 12.6. The second kappa shape index (κ2) is 11.4. The van der Waals surface area contributed by atoms with E-state index in [2.05, 4.69) is 26.0 Å². The fraction of sp³-hybridized carbons (Fsp3) is 0.241. The van der Waals surface area contributed by atoms with E-state index in [0.29, 0.717) is 32.9 Å². The molecule has 1 aliphatic heterocycles. The number of amides is 1. The van der Waals surface area contributed by atoms with Crippen LogP contribution in [0.4, 0.5) is 11.4 Å². The standard InChI is InChI=1S/C29H30N2O4S/c1-6-19-8-13-22(14-9-19)30-29-31(23-15-10-20(7-2)11-16-23)28(32)25(36-29)18-21-12-17-24(33-3)27(35-5)26(21)34-4/h8-18H,6-7H2,1-5H3. The molecule has 1 saturated heterocycles. The number of methoxy groups -OCH3 is 3. The normalized spacial score (nSPS) is 15.6. The zero-order chi connectivity index (χ0) is 25.7. The Morgan fingerprint density at radius 2 is 1.42 bits per heavy atom. The molecule has 36 heavy (non-hydrogen) atoms. The quantitative estimate of drug-likeness (QED) is 0.323. The summed E-state index contributed by atoms with van der Waals surface area (Å²) in [5.41, 5.74) is 4.72. The van der Waals surface area contributed by atoms with E-state index >= 15 is 0 Å². The molecule has 3 aromatic rings. The third-order valence-corrected chi connectivity index (χ3v) is 6.97. The highest BCUT2D eigenvalue weighted by Gasteiger charge is 2.35. The summed E-state index contributed by atoms with van der Waals surface area (Å²) in [7, 11) is 4.70. The average molecular weight is 503 g/mol. The number of rotatable bonds is 8. The van der Waals surface area contributed by atoms with Crippen LogP contribution < -0.4 is 19.1 Å². The van der Waals surface area contributed by atoms with Crippen LogP contribution in [0.1, 0.15) is 30.5 Å². The van der Waals surface area contributed by atoms with Gasteiger partial charge in [-0.3, -0.25) is 9.69 Å². The Hall–Kier alpha value is -3.71. The first-order chi connectivity index (χ1) is 17.5. The summed E-state index contributed by atoms with van der Waals surface area (Å²) in [4.78, 5) is 20.7. The molecule has 0 aliphatic carbocycles. The van der Waals surface area contributed by atoms with Gasteiger partial charge in [-0.15, -0.1) is 0 Å². The molecular weight excluding hydrogens is 472 g/mol. The first kappa shape index (κ1) is 25.4. The molecule has 0 saturated carbocycles. The van der Waals surface area contributed by atoms with Crippen LogP contribution in [-0.2, 0) is 17.6 Å².